The zero-order chi connectivity index (χ0) is 26.4. The van der Waals surface area contributed by atoms with Crippen molar-refractivity contribution in [2.45, 2.75) is 25.8 Å². The monoisotopic (exact) mass is 517 g/mol. The summed E-state index contributed by atoms with van der Waals surface area (Å²) in [5.74, 6) is -2.07. The molecule has 6 nitrogen and oxygen atoms in total. The van der Waals surface area contributed by atoms with E-state index in [1.165, 1.54) is 34.9 Å². The Hall–Kier alpha value is -4.11. The topological polar surface area (TPSA) is 62.2 Å². The van der Waals surface area contributed by atoms with E-state index in [0.29, 0.717) is 33.9 Å². The first-order valence-corrected chi connectivity index (χ1v) is 12.7. The molecule has 194 valence electrons. The molecule has 0 bridgehead atoms. The number of piperidine rings is 1. The van der Waals surface area contributed by atoms with Crippen LogP contribution in [0.5, 0.6) is 0 Å². The molecule has 0 spiro atoms. The predicted molar refractivity (Wildman–Crippen MR) is 143 cm³/mol. The number of aromatic nitrogens is 2. The number of carbonyl (C=O) groups is 1. The van der Waals surface area contributed by atoms with Crippen LogP contribution in [0.1, 0.15) is 31.2 Å². The first-order valence-electron chi connectivity index (χ1n) is 12.7. The number of rotatable bonds is 5. The van der Waals surface area contributed by atoms with Crippen molar-refractivity contribution in [3.63, 3.8) is 0 Å². The minimum Gasteiger partial charge on any atom is -0.382 e. The second-order valence-corrected chi connectivity index (χ2v) is 9.69. The van der Waals surface area contributed by atoms with E-state index in [4.69, 9.17) is 0 Å². The Morgan fingerprint density at radius 1 is 1.00 bits per heavy atom. The molecule has 1 fully saturated rings. The summed E-state index contributed by atoms with van der Waals surface area (Å²) >= 11 is 0. The first-order chi connectivity index (χ1) is 18.4. The lowest BCUT2D eigenvalue weighted by Gasteiger charge is -2.32. The summed E-state index contributed by atoms with van der Waals surface area (Å²) in [6.07, 6.45) is 3.65. The summed E-state index contributed by atoms with van der Waals surface area (Å²) < 4.78 is 43.8. The van der Waals surface area contributed by atoms with Crippen molar-refractivity contribution in [1.82, 2.24) is 14.5 Å². The standard InChI is InChI=1S/C29H26F3N5O/c1-2-36-9-7-20(8-10-36)33-21-4-5-25-23(15-21)24(29(38)35-25)16-28-34-26-14-17(30)3-6-27(26)37(28)22-12-18(31)11-19(32)13-22/h3-6,11-16,20,33H,2,7-10H2,1H3,(H,35,38)/b24-16+. The molecule has 0 unspecified atom stereocenters. The maximum atomic E-state index is 14.1. The molecule has 1 saturated heterocycles. The molecule has 0 saturated carbocycles. The van der Waals surface area contributed by atoms with Crippen molar-refractivity contribution in [1.29, 1.82) is 0 Å². The fourth-order valence-corrected chi connectivity index (χ4v) is 5.29. The molecule has 2 aliphatic rings. The average molecular weight is 518 g/mol. The fraction of sp³-hybridized carbons (Fsp3) is 0.241. The van der Waals surface area contributed by atoms with Gasteiger partial charge in [-0.05, 0) is 67.9 Å². The van der Waals surface area contributed by atoms with Crippen molar-refractivity contribution < 1.29 is 18.0 Å². The van der Waals surface area contributed by atoms with Crippen LogP contribution in [-0.4, -0.2) is 46.0 Å². The highest BCUT2D eigenvalue weighted by Crippen LogP contribution is 2.36. The summed E-state index contributed by atoms with van der Waals surface area (Å²) in [6.45, 7) is 5.30. The smallest absolute Gasteiger partial charge is 0.256 e. The third-order valence-corrected chi connectivity index (χ3v) is 7.23. The number of halogens is 3. The van der Waals surface area contributed by atoms with Gasteiger partial charge < -0.3 is 15.5 Å². The van der Waals surface area contributed by atoms with Crippen molar-refractivity contribution >= 4 is 40.0 Å². The molecule has 6 rings (SSSR count). The van der Waals surface area contributed by atoms with Crippen LogP contribution in [0.4, 0.5) is 24.5 Å². The van der Waals surface area contributed by atoms with E-state index >= 15 is 0 Å². The zero-order valence-corrected chi connectivity index (χ0v) is 20.8. The Morgan fingerprint density at radius 2 is 1.76 bits per heavy atom. The molecule has 2 aliphatic heterocycles. The van der Waals surface area contributed by atoms with Gasteiger partial charge in [0.25, 0.3) is 5.91 Å². The number of benzene rings is 3. The number of anilines is 2. The van der Waals surface area contributed by atoms with E-state index < -0.39 is 17.5 Å². The van der Waals surface area contributed by atoms with Gasteiger partial charge in [-0.2, -0.15) is 0 Å². The summed E-state index contributed by atoms with van der Waals surface area (Å²) in [7, 11) is 0. The first kappa shape index (κ1) is 24.2. The van der Waals surface area contributed by atoms with Crippen molar-refractivity contribution in [3.05, 3.63) is 83.4 Å². The predicted octanol–water partition coefficient (Wildman–Crippen LogP) is 5.83. The maximum absolute atomic E-state index is 14.1. The molecule has 38 heavy (non-hydrogen) atoms. The van der Waals surface area contributed by atoms with Crippen LogP contribution in [0.2, 0.25) is 0 Å². The van der Waals surface area contributed by atoms with Gasteiger partial charge in [-0.25, -0.2) is 18.2 Å². The number of hydrogen-bond acceptors (Lipinski definition) is 4. The number of carbonyl (C=O) groups excluding carboxylic acids is 1. The molecular formula is C29H26F3N5O. The summed E-state index contributed by atoms with van der Waals surface area (Å²) in [5.41, 5.74) is 3.56. The SMILES string of the molecule is CCN1CCC(Nc2ccc3c(c2)/C(=C\c2nc4cc(F)ccc4n2-c2cc(F)cc(F)c2)C(=O)N3)CC1. The van der Waals surface area contributed by atoms with Gasteiger partial charge in [0, 0.05) is 48.2 Å². The molecule has 1 amide bonds. The number of nitrogens with one attached hydrogen (secondary N) is 2. The Labute approximate surface area is 217 Å². The summed E-state index contributed by atoms with van der Waals surface area (Å²) in [6, 6.07) is 13.2. The van der Waals surface area contributed by atoms with Crippen LogP contribution in [-0.2, 0) is 4.79 Å². The molecule has 3 aromatic carbocycles. The number of amides is 1. The molecule has 0 radical (unpaired) electrons. The lowest BCUT2D eigenvalue weighted by atomic mass is 10.0. The Bertz CT molecular complexity index is 1570. The van der Waals surface area contributed by atoms with Gasteiger partial charge in [0.1, 0.15) is 23.3 Å². The molecule has 1 aromatic heterocycles. The van der Waals surface area contributed by atoms with E-state index in [1.54, 1.807) is 6.08 Å². The van der Waals surface area contributed by atoms with Crippen molar-refractivity contribution in [3.8, 4) is 5.69 Å². The Balaban J connectivity index is 1.41. The molecular weight excluding hydrogens is 491 g/mol. The number of imidazole rings is 1. The summed E-state index contributed by atoms with van der Waals surface area (Å²) in [4.78, 5) is 19.9. The average Bonchev–Trinajstić information content (AvgIpc) is 3.40. The molecule has 2 N–H and O–H groups in total. The molecule has 9 heteroatoms. The van der Waals surface area contributed by atoms with Crippen LogP contribution in [0.3, 0.4) is 0 Å². The molecule has 0 atom stereocenters. The Morgan fingerprint density at radius 3 is 2.50 bits per heavy atom. The van der Waals surface area contributed by atoms with E-state index in [2.05, 4.69) is 27.4 Å². The maximum Gasteiger partial charge on any atom is 0.256 e. The molecule has 0 aliphatic carbocycles. The van der Waals surface area contributed by atoms with Crippen molar-refractivity contribution in [2.24, 2.45) is 0 Å². The van der Waals surface area contributed by atoms with Gasteiger partial charge in [0.2, 0.25) is 0 Å². The highest BCUT2D eigenvalue weighted by atomic mass is 19.1. The molecule has 3 heterocycles. The number of fused-ring (bicyclic) bond motifs is 2. The van der Waals surface area contributed by atoms with Crippen LogP contribution in [0.25, 0.3) is 28.4 Å². The normalized spacial score (nSPS) is 17.3. The van der Waals surface area contributed by atoms with E-state index in [9.17, 15) is 18.0 Å². The second kappa shape index (κ2) is 9.64. The minimum absolute atomic E-state index is 0.177. The highest BCUT2D eigenvalue weighted by molar-refractivity contribution is 6.35. The second-order valence-electron chi connectivity index (χ2n) is 9.69. The van der Waals surface area contributed by atoms with E-state index in [0.717, 1.165) is 44.2 Å². The summed E-state index contributed by atoms with van der Waals surface area (Å²) in [5, 5.41) is 6.47. The third kappa shape index (κ3) is 4.54. The van der Waals surface area contributed by atoms with Gasteiger partial charge in [-0.15, -0.1) is 0 Å². The largest absolute Gasteiger partial charge is 0.382 e. The van der Waals surface area contributed by atoms with Gasteiger partial charge in [0.05, 0.1) is 22.3 Å². The van der Waals surface area contributed by atoms with Gasteiger partial charge >= 0.3 is 0 Å². The third-order valence-electron chi connectivity index (χ3n) is 7.23. The quantitative estimate of drug-likeness (QED) is 0.327. The van der Waals surface area contributed by atoms with Gasteiger partial charge in [-0.1, -0.05) is 6.92 Å². The lowest BCUT2D eigenvalue weighted by Crippen LogP contribution is -2.38. The fourth-order valence-electron chi connectivity index (χ4n) is 5.29. The zero-order valence-electron chi connectivity index (χ0n) is 20.8. The van der Waals surface area contributed by atoms with Gasteiger partial charge in [0.15, 0.2) is 0 Å². The van der Waals surface area contributed by atoms with Gasteiger partial charge in [-0.3, -0.25) is 9.36 Å². The number of nitrogens with zero attached hydrogens (tertiary/aromatic N) is 3. The van der Waals surface area contributed by atoms with Crippen molar-refractivity contribution in [2.75, 3.05) is 30.3 Å². The van der Waals surface area contributed by atoms with Crippen LogP contribution in [0.15, 0.2) is 54.6 Å². The Kier molecular flexibility index (Phi) is 6.15. The number of hydrogen-bond donors (Lipinski definition) is 2. The van der Waals surface area contributed by atoms with E-state index in [-0.39, 0.29) is 17.4 Å². The van der Waals surface area contributed by atoms with Crippen LogP contribution in [0, 0.1) is 17.5 Å². The molecule has 4 aromatic rings. The van der Waals surface area contributed by atoms with Crippen LogP contribution >= 0.6 is 0 Å². The van der Waals surface area contributed by atoms with E-state index in [1.807, 2.05) is 18.2 Å². The van der Waals surface area contributed by atoms with Crippen LogP contribution < -0.4 is 10.6 Å². The lowest BCUT2D eigenvalue weighted by molar-refractivity contribution is -0.110. The minimum atomic E-state index is -0.757. The highest BCUT2D eigenvalue weighted by Gasteiger charge is 2.27. The number of likely N-dealkylation sites (tertiary alicyclic amines) is 1.